The number of aliphatic hydroxyl groups excluding tert-OH is 1. The Bertz CT molecular complexity index is 227. The van der Waals surface area contributed by atoms with Crippen LogP contribution in [0.5, 0.6) is 0 Å². The first-order valence-electron chi connectivity index (χ1n) is 6.26. The Morgan fingerprint density at radius 1 is 1.06 bits per heavy atom. The van der Waals surface area contributed by atoms with Crippen LogP contribution in [-0.4, -0.2) is 36.4 Å². The van der Waals surface area contributed by atoms with Crippen molar-refractivity contribution in [2.75, 3.05) is 13.2 Å². The number of nitrogens with one attached hydrogen (secondary N) is 2. The SMILES string of the molecule is CC(C)(C)C1CNC(CO)C(C(C)(C)C)N1. The van der Waals surface area contributed by atoms with E-state index in [1.165, 1.54) is 0 Å². The number of hydrogen-bond acceptors (Lipinski definition) is 3. The second-order valence-corrected chi connectivity index (χ2v) is 7.13. The second kappa shape index (κ2) is 4.63. The molecule has 1 heterocycles. The molecule has 1 saturated heterocycles. The summed E-state index contributed by atoms with van der Waals surface area (Å²) in [6.45, 7) is 14.6. The predicted octanol–water partition coefficient (Wildman–Crippen LogP) is 1.37. The summed E-state index contributed by atoms with van der Waals surface area (Å²) in [5.41, 5.74) is 0.404. The predicted molar refractivity (Wildman–Crippen MR) is 68.5 cm³/mol. The van der Waals surface area contributed by atoms with E-state index in [9.17, 15) is 5.11 Å². The van der Waals surface area contributed by atoms with Crippen LogP contribution in [0.15, 0.2) is 0 Å². The minimum atomic E-state index is 0.157. The van der Waals surface area contributed by atoms with Crippen LogP contribution in [0.3, 0.4) is 0 Å². The van der Waals surface area contributed by atoms with Crippen LogP contribution < -0.4 is 10.6 Å². The van der Waals surface area contributed by atoms with Gasteiger partial charge in [0.05, 0.1) is 6.61 Å². The van der Waals surface area contributed by atoms with E-state index >= 15 is 0 Å². The number of piperazine rings is 1. The van der Waals surface area contributed by atoms with E-state index in [4.69, 9.17) is 0 Å². The summed E-state index contributed by atoms with van der Waals surface area (Å²) in [4.78, 5) is 0. The van der Waals surface area contributed by atoms with Crippen LogP contribution >= 0.6 is 0 Å². The van der Waals surface area contributed by atoms with Gasteiger partial charge in [0.25, 0.3) is 0 Å². The van der Waals surface area contributed by atoms with Gasteiger partial charge in [0.15, 0.2) is 0 Å². The van der Waals surface area contributed by atoms with Crippen molar-refractivity contribution in [2.24, 2.45) is 10.8 Å². The highest BCUT2D eigenvalue weighted by molar-refractivity contribution is 5.00. The maximum atomic E-state index is 9.41. The lowest BCUT2D eigenvalue weighted by molar-refractivity contribution is 0.0799. The molecule has 3 heteroatoms. The van der Waals surface area contributed by atoms with E-state index in [-0.39, 0.29) is 23.5 Å². The molecule has 16 heavy (non-hydrogen) atoms. The Kier molecular flexibility index (Phi) is 4.04. The molecule has 1 fully saturated rings. The van der Waals surface area contributed by atoms with Crippen molar-refractivity contribution in [3.05, 3.63) is 0 Å². The smallest absolute Gasteiger partial charge is 0.0600 e. The van der Waals surface area contributed by atoms with Crippen LogP contribution in [0.4, 0.5) is 0 Å². The first-order valence-corrected chi connectivity index (χ1v) is 6.26. The molecule has 0 aliphatic carbocycles. The van der Waals surface area contributed by atoms with Gasteiger partial charge in [-0.3, -0.25) is 0 Å². The fraction of sp³-hybridized carbons (Fsp3) is 1.00. The van der Waals surface area contributed by atoms with Gasteiger partial charge in [0.2, 0.25) is 0 Å². The number of aliphatic hydroxyl groups is 1. The fourth-order valence-corrected chi connectivity index (χ4v) is 2.36. The molecule has 1 rings (SSSR count). The van der Waals surface area contributed by atoms with Crippen molar-refractivity contribution in [2.45, 2.75) is 59.7 Å². The van der Waals surface area contributed by atoms with Gasteiger partial charge >= 0.3 is 0 Å². The van der Waals surface area contributed by atoms with Gasteiger partial charge in [-0.25, -0.2) is 0 Å². The van der Waals surface area contributed by atoms with Gasteiger partial charge in [-0.1, -0.05) is 41.5 Å². The summed E-state index contributed by atoms with van der Waals surface area (Å²) < 4.78 is 0. The molecule has 0 aromatic heterocycles. The van der Waals surface area contributed by atoms with Gasteiger partial charge in [0.1, 0.15) is 0 Å². The lowest BCUT2D eigenvalue weighted by Crippen LogP contribution is -2.68. The van der Waals surface area contributed by atoms with Crippen molar-refractivity contribution in [1.29, 1.82) is 0 Å². The normalized spacial score (nSPS) is 32.8. The molecule has 0 saturated carbocycles. The zero-order valence-electron chi connectivity index (χ0n) is 11.6. The molecule has 3 N–H and O–H groups in total. The molecule has 3 unspecified atom stereocenters. The Balaban J connectivity index is 2.78. The van der Waals surface area contributed by atoms with Crippen LogP contribution in [0.25, 0.3) is 0 Å². The average Bonchev–Trinajstić information content (AvgIpc) is 2.14. The third-order valence-electron chi connectivity index (χ3n) is 3.54. The summed E-state index contributed by atoms with van der Waals surface area (Å²) in [5, 5.41) is 16.6. The molecule has 3 atom stereocenters. The molecular weight excluding hydrogens is 200 g/mol. The topological polar surface area (TPSA) is 44.3 Å². The monoisotopic (exact) mass is 228 g/mol. The quantitative estimate of drug-likeness (QED) is 0.635. The molecule has 0 bridgehead atoms. The molecule has 3 nitrogen and oxygen atoms in total. The van der Waals surface area contributed by atoms with Gasteiger partial charge in [0, 0.05) is 24.7 Å². The molecule has 0 spiro atoms. The highest BCUT2D eigenvalue weighted by Crippen LogP contribution is 2.28. The zero-order valence-corrected chi connectivity index (χ0v) is 11.6. The van der Waals surface area contributed by atoms with Crippen molar-refractivity contribution in [3.8, 4) is 0 Å². The third-order valence-corrected chi connectivity index (χ3v) is 3.54. The lowest BCUT2D eigenvalue weighted by atomic mass is 9.77. The Hall–Kier alpha value is -0.120. The molecule has 1 aliphatic rings. The van der Waals surface area contributed by atoms with Crippen molar-refractivity contribution in [1.82, 2.24) is 10.6 Å². The Labute approximate surface area is 100 Å². The molecule has 0 aromatic carbocycles. The third kappa shape index (κ3) is 3.19. The van der Waals surface area contributed by atoms with Gasteiger partial charge < -0.3 is 15.7 Å². The summed E-state index contributed by atoms with van der Waals surface area (Å²) in [5.74, 6) is 0. The molecular formula is C13H28N2O. The Morgan fingerprint density at radius 3 is 2.00 bits per heavy atom. The van der Waals surface area contributed by atoms with Crippen molar-refractivity contribution >= 4 is 0 Å². The number of hydrogen-bond donors (Lipinski definition) is 3. The second-order valence-electron chi connectivity index (χ2n) is 7.13. The summed E-state index contributed by atoms with van der Waals surface area (Å²) in [6, 6.07) is 0.939. The van der Waals surface area contributed by atoms with E-state index in [0.717, 1.165) is 6.54 Å². The summed E-state index contributed by atoms with van der Waals surface area (Å²) in [7, 11) is 0. The highest BCUT2D eigenvalue weighted by atomic mass is 16.3. The van der Waals surface area contributed by atoms with E-state index in [1.54, 1.807) is 0 Å². The molecule has 0 radical (unpaired) electrons. The van der Waals surface area contributed by atoms with Crippen LogP contribution in [0.2, 0.25) is 0 Å². The minimum Gasteiger partial charge on any atom is -0.395 e. The maximum absolute atomic E-state index is 9.41. The highest BCUT2D eigenvalue weighted by Gasteiger charge is 2.39. The van der Waals surface area contributed by atoms with Crippen LogP contribution in [0.1, 0.15) is 41.5 Å². The van der Waals surface area contributed by atoms with Crippen molar-refractivity contribution in [3.63, 3.8) is 0 Å². The average molecular weight is 228 g/mol. The van der Waals surface area contributed by atoms with Gasteiger partial charge in [-0.2, -0.15) is 0 Å². The fourth-order valence-electron chi connectivity index (χ4n) is 2.36. The molecule has 0 amide bonds. The number of rotatable bonds is 1. The van der Waals surface area contributed by atoms with Crippen LogP contribution in [0, 0.1) is 10.8 Å². The summed E-state index contributed by atoms with van der Waals surface area (Å²) >= 11 is 0. The standard InChI is InChI=1S/C13H28N2O/c1-12(2,3)10-7-14-9(8-16)11(15-10)13(4,5)6/h9-11,14-16H,7-8H2,1-6H3. The van der Waals surface area contributed by atoms with E-state index < -0.39 is 0 Å². The first kappa shape index (κ1) is 13.9. The van der Waals surface area contributed by atoms with Crippen molar-refractivity contribution < 1.29 is 5.11 Å². The van der Waals surface area contributed by atoms with E-state index in [0.29, 0.717) is 12.1 Å². The largest absolute Gasteiger partial charge is 0.395 e. The lowest BCUT2D eigenvalue weighted by Gasteiger charge is -2.48. The first-order chi connectivity index (χ1) is 7.16. The molecule has 96 valence electrons. The van der Waals surface area contributed by atoms with E-state index in [1.807, 2.05) is 0 Å². The Morgan fingerprint density at radius 2 is 1.62 bits per heavy atom. The summed E-state index contributed by atoms with van der Waals surface area (Å²) in [6.07, 6.45) is 0. The zero-order chi connectivity index (χ0) is 12.6. The van der Waals surface area contributed by atoms with Crippen LogP contribution in [-0.2, 0) is 0 Å². The van der Waals surface area contributed by atoms with E-state index in [2.05, 4.69) is 52.2 Å². The minimum absolute atomic E-state index is 0.157. The molecule has 0 aromatic rings. The maximum Gasteiger partial charge on any atom is 0.0600 e. The van der Waals surface area contributed by atoms with Gasteiger partial charge in [-0.05, 0) is 10.8 Å². The van der Waals surface area contributed by atoms with Gasteiger partial charge in [-0.15, -0.1) is 0 Å². The molecule has 1 aliphatic heterocycles.